The topological polar surface area (TPSA) is 9.72 Å². The maximum absolute atomic E-state index is 2.77. The zero-order chi connectivity index (χ0) is 48.7. The third-order valence-electron chi connectivity index (χ3n) is 17.0. The Labute approximate surface area is 417 Å². The van der Waals surface area contributed by atoms with Gasteiger partial charge in [-0.1, -0.05) is 191 Å². The van der Waals surface area contributed by atoms with Crippen LogP contribution in [0.25, 0.3) is 22.3 Å². The highest BCUT2D eigenvalue weighted by Gasteiger charge is 2.63. The first-order valence-electron chi connectivity index (χ1n) is 25.7. The summed E-state index contributed by atoms with van der Waals surface area (Å²) in [6.45, 7) is 26.1. The molecule has 0 amide bonds. The van der Waals surface area contributed by atoms with Gasteiger partial charge in [-0.2, -0.15) is 0 Å². The lowest BCUT2D eigenvalue weighted by Gasteiger charge is -2.56. The van der Waals surface area contributed by atoms with Crippen LogP contribution in [0.15, 0.2) is 176 Å². The fraction of sp³-hybridized carbons (Fsp3) is 0.273. The van der Waals surface area contributed by atoms with Gasteiger partial charge in [-0.25, -0.2) is 0 Å². The summed E-state index contributed by atoms with van der Waals surface area (Å²) in [5.74, 6) is 0. The van der Waals surface area contributed by atoms with Crippen molar-refractivity contribution in [1.82, 2.24) is 0 Å². The molecule has 12 rings (SSSR count). The van der Waals surface area contributed by atoms with Crippen molar-refractivity contribution >= 4 is 68.6 Å². The fourth-order valence-electron chi connectivity index (χ4n) is 12.6. The lowest BCUT2D eigenvalue weighted by molar-refractivity contribution is 0.133. The van der Waals surface area contributed by atoms with E-state index >= 15 is 0 Å². The Balaban J connectivity index is 1.21. The van der Waals surface area contributed by atoms with Gasteiger partial charge in [0.15, 0.2) is 0 Å². The van der Waals surface area contributed by atoms with Gasteiger partial charge in [0, 0.05) is 50.7 Å². The Morgan fingerprint density at radius 3 is 1.24 bits per heavy atom. The predicted octanol–water partition coefficient (Wildman–Crippen LogP) is 16.0. The molecule has 2 unspecified atom stereocenters. The number of fused-ring (bicyclic) bond motifs is 7. The van der Waals surface area contributed by atoms with E-state index < -0.39 is 0 Å². The summed E-state index contributed by atoms with van der Waals surface area (Å²) in [4.78, 5) is 8.04. The van der Waals surface area contributed by atoms with Gasteiger partial charge >= 0.3 is 0 Å². The lowest BCUT2D eigenvalue weighted by atomic mass is 9.33. The molecule has 3 heterocycles. The predicted molar refractivity (Wildman–Crippen MR) is 301 cm³/mol. The van der Waals surface area contributed by atoms with Crippen molar-refractivity contribution in [3.63, 3.8) is 0 Å². The van der Waals surface area contributed by atoms with Crippen LogP contribution in [0.2, 0.25) is 0 Å². The Morgan fingerprint density at radius 2 is 0.814 bits per heavy atom. The van der Waals surface area contributed by atoms with E-state index in [0.717, 1.165) is 6.42 Å². The van der Waals surface area contributed by atoms with Crippen molar-refractivity contribution in [3.05, 3.63) is 198 Å². The van der Waals surface area contributed by atoms with Crippen LogP contribution in [0, 0.1) is 0 Å². The molecule has 8 aromatic rings. The zero-order valence-electron chi connectivity index (χ0n) is 43.1. The summed E-state index contributed by atoms with van der Waals surface area (Å²) < 4.78 is 0. The molecular formula is C66H66BN3. The third-order valence-corrected chi connectivity index (χ3v) is 17.0. The van der Waals surface area contributed by atoms with Crippen molar-refractivity contribution in [3.8, 4) is 22.3 Å². The summed E-state index contributed by atoms with van der Waals surface area (Å²) in [5.41, 5.74) is 24.1. The molecule has 0 spiro atoms. The van der Waals surface area contributed by atoms with E-state index in [2.05, 4.69) is 267 Å². The van der Waals surface area contributed by atoms with Crippen LogP contribution in [0.4, 0.5) is 45.5 Å². The van der Waals surface area contributed by atoms with E-state index in [1.165, 1.54) is 113 Å². The van der Waals surface area contributed by atoms with Crippen LogP contribution < -0.4 is 31.1 Å². The fourth-order valence-corrected chi connectivity index (χ4v) is 12.6. The average molecular weight is 912 g/mol. The van der Waals surface area contributed by atoms with E-state index in [0.29, 0.717) is 0 Å². The number of hydrogen-bond acceptors (Lipinski definition) is 3. The summed E-state index contributed by atoms with van der Waals surface area (Å²) in [6.07, 6.45) is 2.29. The first-order chi connectivity index (χ1) is 33.4. The second-order valence-electron chi connectivity index (χ2n) is 24.2. The van der Waals surface area contributed by atoms with Crippen LogP contribution in [-0.4, -0.2) is 12.3 Å². The average Bonchev–Trinajstić information content (AvgIpc) is 3.47. The van der Waals surface area contributed by atoms with Crippen LogP contribution in [0.1, 0.15) is 111 Å². The van der Waals surface area contributed by atoms with Crippen LogP contribution >= 0.6 is 0 Å². The van der Waals surface area contributed by atoms with Gasteiger partial charge in [-0.3, -0.25) is 0 Å². The molecule has 2 atom stereocenters. The van der Waals surface area contributed by atoms with Gasteiger partial charge in [0.25, 0.3) is 6.71 Å². The Bertz CT molecular complexity index is 3210. The number of hydrogen-bond donors (Lipinski definition) is 0. The minimum atomic E-state index is -0.117. The third kappa shape index (κ3) is 6.54. The maximum atomic E-state index is 2.77. The van der Waals surface area contributed by atoms with E-state index in [9.17, 15) is 0 Å². The van der Waals surface area contributed by atoms with Crippen LogP contribution in [0.5, 0.6) is 0 Å². The van der Waals surface area contributed by atoms with Crippen molar-refractivity contribution in [2.75, 3.05) is 14.7 Å². The van der Waals surface area contributed by atoms with E-state index in [4.69, 9.17) is 0 Å². The summed E-state index contributed by atoms with van der Waals surface area (Å²) >= 11 is 0. The molecule has 0 bridgehead atoms. The van der Waals surface area contributed by atoms with Crippen LogP contribution in [0.3, 0.4) is 0 Å². The van der Waals surface area contributed by atoms with Gasteiger partial charge < -0.3 is 14.7 Å². The molecule has 1 aliphatic carbocycles. The standard InChI is InChI=1S/C66H66BN3/c1-62(2,3)45-30-33-54(49(38-45)43-22-14-12-15-23-43)68-57-28-20-18-26-52(57)67-53-27-19-21-29-58(53)69(55-34-31-46(63(4,5)6)39-50(55)44-24-16-13-17-25-44)60-42-48(41-59(68)61(60)67)70-56-35-32-47(64(7,8)9)40-51(56)65(10)36-37-66(65,70)11/h12-35,38-42H,36-37H2,1-11H3. The molecule has 1 fully saturated rings. The molecule has 348 valence electrons. The molecule has 8 aromatic carbocycles. The molecule has 0 radical (unpaired) electrons. The normalized spacial score (nSPS) is 19.0. The highest BCUT2D eigenvalue weighted by atomic mass is 15.3. The van der Waals surface area contributed by atoms with E-state index in [1.54, 1.807) is 0 Å². The number of para-hydroxylation sites is 2. The zero-order valence-corrected chi connectivity index (χ0v) is 43.1. The Hall–Kier alpha value is -6.78. The molecule has 4 heteroatoms. The first-order valence-corrected chi connectivity index (χ1v) is 25.7. The highest BCUT2D eigenvalue weighted by Crippen LogP contribution is 2.66. The van der Waals surface area contributed by atoms with Gasteiger partial charge in [0.2, 0.25) is 0 Å². The molecule has 70 heavy (non-hydrogen) atoms. The van der Waals surface area contributed by atoms with Crippen molar-refractivity contribution in [1.29, 1.82) is 0 Å². The van der Waals surface area contributed by atoms with E-state index in [-0.39, 0.29) is 33.9 Å². The van der Waals surface area contributed by atoms with Crippen LogP contribution in [-0.2, 0) is 21.7 Å². The minimum Gasteiger partial charge on any atom is -0.334 e. The summed E-state index contributed by atoms with van der Waals surface area (Å²) in [6, 6.07) is 67.7. The second kappa shape index (κ2) is 15.4. The Kier molecular flexibility index (Phi) is 9.75. The number of rotatable bonds is 5. The second-order valence-corrected chi connectivity index (χ2v) is 24.2. The molecule has 3 nitrogen and oxygen atoms in total. The monoisotopic (exact) mass is 912 g/mol. The molecule has 1 saturated carbocycles. The lowest BCUT2D eigenvalue weighted by Crippen LogP contribution is -2.62. The Morgan fingerprint density at radius 1 is 0.400 bits per heavy atom. The van der Waals surface area contributed by atoms with Crippen molar-refractivity contribution in [2.24, 2.45) is 0 Å². The number of nitrogens with zero attached hydrogens (tertiary/aromatic N) is 3. The molecular weight excluding hydrogens is 846 g/mol. The van der Waals surface area contributed by atoms with Gasteiger partial charge in [-0.05, 0) is 140 Å². The highest BCUT2D eigenvalue weighted by molar-refractivity contribution is 7.00. The molecule has 3 aliphatic heterocycles. The van der Waals surface area contributed by atoms with Gasteiger partial charge in [-0.15, -0.1) is 0 Å². The molecule has 4 aliphatic rings. The first kappa shape index (κ1) is 44.4. The molecule has 0 saturated heterocycles. The van der Waals surface area contributed by atoms with Gasteiger partial charge in [0.05, 0.1) is 16.9 Å². The van der Waals surface area contributed by atoms with E-state index in [1.807, 2.05) is 0 Å². The largest absolute Gasteiger partial charge is 0.334 e. The molecule has 0 aromatic heterocycles. The van der Waals surface area contributed by atoms with Crippen molar-refractivity contribution in [2.45, 2.75) is 116 Å². The minimum absolute atomic E-state index is 0.00433. The number of benzene rings is 8. The number of anilines is 8. The quantitative estimate of drug-likeness (QED) is 0.159. The van der Waals surface area contributed by atoms with Gasteiger partial charge in [0.1, 0.15) is 0 Å². The molecule has 0 N–H and O–H groups in total. The summed E-state index contributed by atoms with van der Waals surface area (Å²) in [7, 11) is 0. The van der Waals surface area contributed by atoms with Crippen molar-refractivity contribution < 1.29 is 0 Å². The summed E-state index contributed by atoms with van der Waals surface area (Å²) in [5, 5.41) is 0. The SMILES string of the molecule is CC(C)(C)c1ccc(N2c3ccccc3B3c4ccccc4N(c4ccc(C(C)(C)C)cc4-c4ccccc4)c4cc(N5c6ccc(C(C)(C)C)cc6C6(C)CCC56C)cc2c43)c(-c2ccccc2)c1. The maximum Gasteiger partial charge on any atom is 0.252 e. The smallest absolute Gasteiger partial charge is 0.252 e.